The Labute approximate surface area is 176 Å². The van der Waals surface area contributed by atoms with E-state index in [1.165, 1.54) is 14.2 Å². The Morgan fingerprint density at radius 1 is 0.774 bits per heavy atom. The molecule has 31 heavy (non-hydrogen) atoms. The van der Waals surface area contributed by atoms with Crippen molar-refractivity contribution >= 4 is 17.4 Å². The average molecular weight is 432 g/mol. The number of nitrogens with one attached hydrogen (secondary N) is 2. The lowest BCUT2D eigenvalue weighted by Gasteiger charge is -2.16. The number of carbonyl (C=O) groups is 1. The Morgan fingerprint density at radius 3 is 2.19 bits per heavy atom. The Balaban J connectivity index is 1.89. The van der Waals surface area contributed by atoms with Crippen molar-refractivity contribution in [1.82, 2.24) is 0 Å². The molecule has 0 bridgehead atoms. The standard InChI is InChI=1S/C22H19F3N2O4/c1-29-15-6-5-7-16(13-15)31-20-11-10-14(22(23,24)25)12-18(20)27-21(28)26-17-8-3-4-9-19(17)30-2/h3-13H,1-2H3,(H2,26,27,28). The number of halogens is 3. The lowest BCUT2D eigenvalue weighted by atomic mass is 10.1. The van der Waals surface area contributed by atoms with Crippen LogP contribution in [0.5, 0.6) is 23.0 Å². The highest BCUT2D eigenvalue weighted by Gasteiger charge is 2.31. The van der Waals surface area contributed by atoms with Gasteiger partial charge in [-0.15, -0.1) is 0 Å². The number of rotatable bonds is 6. The van der Waals surface area contributed by atoms with Crippen molar-refractivity contribution in [1.29, 1.82) is 0 Å². The minimum absolute atomic E-state index is 0.0245. The maximum atomic E-state index is 13.2. The highest BCUT2D eigenvalue weighted by atomic mass is 19.4. The maximum absolute atomic E-state index is 13.2. The molecule has 0 aliphatic rings. The summed E-state index contributed by atoms with van der Waals surface area (Å²) >= 11 is 0. The summed E-state index contributed by atoms with van der Waals surface area (Å²) in [5.41, 5.74) is -0.743. The molecule has 0 spiro atoms. The van der Waals surface area contributed by atoms with Crippen molar-refractivity contribution in [3.05, 3.63) is 72.3 Å². The topological polar surface area (TPSA) is 68.8 Å². The Hall–Kier alpha value is -3.88. The van der Waals surface area contributed by atoms with Crippen LogP contribution in [-0.4, -0.2) is 20.3 Å². The SMILES string of the molecule is COc1cccc(Oc2ccc(C(F)(F)F)cc2NC(=O)Nc2ccccc2OC)c1. The van der Waals surface area contributed by atoms with E-state index < -0.39 is 17.8 Å². The van der Waals surface area contributed by atoms with Crippen LogP contribution in [0.1, 0.15) is 5.56 Å². The number of carbonyl (C=O) groups excluding carboxylic acids is 1. The van der Waals surface area contributed by atoms with Crippen molar-refractivity contribution in [2.24, 2.45) is 0 Å². The van der Waals surface area contributed by atoms with Crippen LogP contribution in [0.2, 0.25) is 0 Å². The second-order valence-corrected chi connectivity index (χ2v) is 6.27. The molecule has 0 aliphatic heterocycles. The van der Waals surface area contributed by atoms with E-state index in [1.54, 1.807) is 48.5 Å². The predicted octanol–water partition coefficient (Wildman–Crippen LogP) is 6.16. The van der Waals surface area contributed by atoms with E-state index in [1.807, 2.05) is 0 Å². The van der Waals surface area contributed by atoms with Crippen LogP contribution in [0.25, 0.3) is 0 Å². The predicted molar refractivity (Wildman–Crippen MR) is 110 cm³/mol. The molecule has 162 valence electrons. The molecule has 0 heterocycles. The van der Waals surface area contributed by atoms with Gasteiger partial charge in [-0.2, -0.15) is 13.2 Å². The number of urea groups is 1. The largest absolute Gasteiger partial charge is 0.497 e. The molecule has 0 saturated carbocycles. The highest BCUT2D eigenvalue weighted by Crippen LogP contribution is 2.37. The summed E-state index contributed by atoms with van der Waals surface area (Å²) in [5, 5.41) is 4.96. The molecule has 3 rings (SSSR count). The molecule has 9 heteroatoms. The molecular formula is C22H19F3N2O4. The third-order valence-electron chi connectivity index (χ3n) is 4.18. The third kappa shape index (κ3) is 5.59. The quantitative estimate of drug-likeness (QED) is 0.490. The first-order valence-corrected chi connectivity index (χ1v) is 9.04. The molecule has 0 aliphatic carbocycles. The number of hydrogen-bond acceptors (Lipinski definition) is 4. The number of benzene rings is 3. The summed E-state index contributed by atoms with van der Waals surface area (Å²) in [6, 6.07) is 15.2. The molecule has 3 aromatic rings. The van der Waals surface area contributed by atoms with Gasteiger partial charge in [-0.1, -0.05) is 18.2 Å². The lowest BCUT2D eigenvalue weighted by Crippen LogP contribution is -2.20. The second-order valence-electron chi connectivity index (χ2n) is 6.27. The molecule has 0 atom stereocenters. The highest BCUT2D eigenvalue weighted by molar-refractivity contribution is 6.01. The fraction of sp³-hybridized carbons (Fsp3) is 0.136. The van der Waals surface area contributed by atoms with Crippen LogP contribution in [0, 0.1) is 0 Å². The number of ether oxygens (including phenoxy) is 3. The van der Waals surface area contributed by atoms with Gasteiger partial charge in [0.25, 0.3) is 0 Å². The molecule has 3 aromatic carbocycles. The first-order chi connectivity index (χ1) is 14.8. The molecule has 0 unspecified atom stereocenters. The van der Waals surface area contributed by atoms with Gasteiger partial charge < -0.3 is 24.8 Å². The summed E-state index contributed by atoms with van der Waals surface area (Å²) in [6.07, 6.45) is -4.59. The molecular weight excluding hydrogens is 413 g/mol. The average Bonchev–Trinajstić information content (AvgIpc) is 2.74. The van der Waals surface area contributed by atoms with Crippen molar-refractivity contribution in [3.63, 3.8) is 0 Å². The minimum atomic E-state index is -4.59. The zero-order valence-corrected chi connectivity index (χ0v) is 16.6. The smallest absolute Gasteiger partial charge is 0.416 e. The monoisotopic (exact) mass is 432 g/mol. The summed E-state index contributed by atoms with van der Waals surface area (Å²) in [7, 11) is 2.91. The maximum Gasteiger partial charge on any atom is 0.416 e. The number of para-hydroxylation sites is 2. The van der Waals surface area contributed by atoms with Gasteiger partial charge in [0.15, 0.2) is 5.75 Å². The van der Waals surface area contributed by atoms with E-state index in [4.69, 9.17) is 14.2 Å². The van der Waals surface area contributed by atoms with Crippen LogP contribution in [0.15, 0.2) is 66.7 Å². The van der Waals surface area contributed by atoms with Gasteiger partial charge in [-0.3, -0.25) is 0 Å². The molecule has 2 N–H and O–H groups in total. The van der Waals surface area contributed by atoms with Gasteiger partial charge in [-0.05, 0) is 42.5 Å². The summed E-state index contributed by atoms with van der Waals surface area (Å²) in [6.45, 7) is 0. The van der Waals surface area contributed by atoms with Crippen LogP contribution >= 0.6 is 0 Å². The van der Waals surface area contributed by atoms with Gasteiger partial charge >= 0.3 is 12.2 Å². The molecule has 0 aromatic heterocycles. The van der Waals surface area contributed by atoms with Crippen LogP contribution < -0.4 is 24.8 Å². The number of hydrogen-bond donors (Lipinski definition) is 2. The van der Waals surface area contributed by atoms with E-state index in [-0.39, 0.29) is 11.4 Å². The van der Waals surface area contributed by atoms with Crippen molar-refractivity contribution in [2.45, 2.75) is 6.18 Å². The number of anilines is 2. The van der Waals surface area contributed by atoms with Gasteiger partial charge in [0.1, 0.15) is 17.2 Å². The Kier molecular flexibility index (Phi) is 6.54. The van der Waals surface area contributed by atoms with Gasteiger partial charge in [0, 0.05) is 6.07 Å². The summed E-state index contributed by atoms with van der Waals surface area (Å²) < 4.78 is 55.6. The van der Waals surface area contributed by atoms with Crippen molar-refractivity contribution in [3.8, 4) is 23.0 Å². The zero-order chi connectivity index (χ0) is 22.4. The summed E-state index contributed by atoms with van der Waals surface area (Å²) in [5.74, 6) is 1.26. The van der Waals surface area contributed by atoms with E-state index in [9.17, 15) is 18.0 Å². The number of alkyl halides is 3. The van der Waals surface area contributed by atoms with Crippen LogP contribution in [0.3, 0.4) is 0 Å². The Morgan fingerprint density at radius 2 is 1.48 bits per heavy atom. The molecule has 6 nitrogen and oxygen atoms in total. The van der Waals surface area contributed by atoms with Gasteiger partial charge in [0.2, 0.25) is 0 Å². The first kappa shape index (κ1) is 21.8. The van der Waals surface area contributed by atoms with E-state index in [2.05, 4.69) is 10.6 Å². The van der Waals surface area contributed by atoms with Crippen LogP contribution in [0.4, 0.5) is 29.3 Å². The zero-order valence-electron chi connectivity index (χ0n) is 16.6. The molecule has 2 amide bonds. The second kappa shape index (κ2) is 9.29. The Bertz CT molecular complexity index is 1070. The minimum Gasteiger partial charge on any atom is -0.497 e. The number of methoxy groups -OCH3 is 2. The fourth-order valence-electron chi connectivity index (χ4n) is 2.71. The summed E-state index contributed by atoms with van der Waals surface area (Å²) in [4.78, 5) is 12.5. The van der Waals surface area contributed by atoms with E-state index in [0.29, 0.717) is 22.9 Å². The van der Waals surface area contributed by atoms with Crippen LogP contribution in [-0.2, 0) is 6.18 Å². The molecule has 0 radical (unpaired) electrons. The van der Waals surface area contributed by atoms with E-state index in [0.717, 1.165) is 18.2 Å². The number of amides is 2. The molecule has 0 saturated heterocycles. The lowest BCUT2D eigenvalue weighted by molar-refractivity contribution is -0.137. The first-order valence-electron chi connectivity index (χ1n) is 9.04. The van der Waals surface area contributed by atoms with E-state index >= 15 is 0 Å². The normalized spacial score (nSPS) is 10.9. The van der Waals surface area contributed by atoms with Gasteiger partial charge in [0.05, 0.1) is 31.2 Å². The van der Waals surface area contributed by atoms with Gasteiger partial charge in [-0.25, -0.2) is 4.79 Å². The van der Waals surface area contributed by atoms with Crippen molar-refractivity contribution in [2.75, 3.05) is 24.9 Å². The fourth-order valence-corrected chi connectivity index (χ4v) is 2.71. The molecule has 0 fully saturated rings. The third-order valence-corrected chi connectivity index (χ3v) is 4.18. The van der Waals surface area contributed by atoms with Crippen molar-refractivity contribution < 1.29 is 32.2 Å².